The molecule has 3 rings (SSSR count). The molecule has 9 heteroatoms. The molecule has 7 nitrogen and oxygen atoms in total. The first-order valence-electron chi connectivity index (χ1n) is 9.55. The van der Waals surface area contributed by atoms with Crippen LogP contribution >= 0.6 is 23.7 Å². The summed E-state index contributed by atoms with van der Waals surface area (Å²) in [5.74, 6) is -0.732. The maximum atomic E-state index is 12.8. The smallest absolute Gasteiger partial charge is 0.341 e. The molecule has 1 amide bonds. The summed E-state index contributed by atoms with van der Waals surface area (Å²) in [5.41, 5.74) is 1.23. The van der Waals surface area contributed by atoms with Crippen LogP contribution in [0.25, 0.3) is 0 Å². The minimum absolute atomic E-state index is 0. The third kappa shape index (κ3) is 4.65. The van der Waals surface area contributed by atoms with Crippen LogP contribution in [0.4, 0.5) is 5.00 Å². The second kappa shape index (κ2) is 8.45. The number of carbonyl (C=O) groups excluding carboxylic acids is 2. The van der Waals surface area contributed by atoms with E-state index >= 15 is 0 Å². The van der Waals surface area contributed by atoms with Crippen LogP contribution in [0.1, 0.15) is 72.8 Å². The summed E-state index contributed by atoms with van der Waals surface area (Å²) in [6.45, 7) is 13.1. The number of nitrogens with one attached hydrogen (secondary N) is 2. The summed E-state index contributed by atoms with van der Waals surface area (Å²) in [7, 11) is 0. The number of carbonyl (C=O) groups is 2. The third-order valence-corrected chi connectivity index (χ3v) is 6.22. The lowest BCUT2D eigenvalue weighted by molar-refractivity contribution is 0.0526. The first-order valence-corrected chi connectivity index (χ1v) is 10.4. The fraction of sp³-hybridized carbons (Fsp3) is 0.550. The molecule has 2 aromatic rings. The van der Waals surface area contributed by atoms with E-state index in [9.17, 15) is 9.59 Å². The van der Waals surface area contributed by atoms with E-state index in [0.29, 0.717) is 29.2 Å². The van der Waals surface area contributed by atoms with E-state index in [2.05, 4.69) is 43.4 Å². The lowest BCUT2D eigenvalue weighted by Gasteiger charge is -2.42. The lowest BCUT2D eigenvalue weighted by atomic mass is 9.81. The number of aromatic nitrogens is 2. The zero-order valence-corrected chi connectivity index (χ0v) is 19.3. The molecular formula is C20H29ClN4O3S. The number of fused-ring (bicyclic) bond motifs is 1. The second-order valence-electron chi connectivity index (χ2n) is 8.16. The summed E-state index contributed by atoms with van der Waals surface area (Å²) in [6, 6.07) is 1.67. The molecule has 0 saturated heterocycles. The number of anilines is 1. The lowest BCUT2D eigenvalue weighted by Crippen LogP contribution is -2.55. The van der Waals surface area contributed by atoms with Gasteiger partial charge in [-0.3, -0.25) is 9.48 Å². The number of esters is 1. The molecule has 0 aromatic carbocycles. The average molecular weight is 441 g/mol. The monoisotopic (exact) mass is 440 g/mol. The molecule has 0 atom stereocenters. The Morgan fingerprint density at radius 3 is 2.59 bits per heavy atom. The van der Waals surface area contributed by atoms with Crippen LogP contribution in [0, 0.1) is 0 Å². The van der Waals surface area contributed by atoms with Crippen LogP contribution < -0.4 is 10.6 Å². The molecule has 0 radical (unpaired) electrons. The van der Waals surface area contributed by atoms with Crippen molar-refractivity contribution in [3.05, 3.63) is 34.0 Å². The minimum Gasteiger partial charge on any atom is -0.462 e. The number of rotatable bonds is 5. The number of amides is 1. The van der Waals surface area contributed by atoms with Crippen LogP contribution in [0.2, 0.25) is 0 Å². The van der Waals surface area contributed by atoms with Crippen molar-refractivity contribution in [3.8, 4) is 0 Å². The van der Waals surface area contributed by atoms with Gasteiger partial charge >= 0.3 is 5.97 Å². The third-order valence-electron chi connectivity index (χ3n) is 4.75. The van der Waals surface area contributed by atoms with Crippen molar-refractivity contribution in [1.82, 2.24) is 15.1 Å². The summed E-state index contributed by atoms with van der Waals surface area (Å²) < 4.78 is 7.01. The van der Waals surface area contributed by atoms with Crippen LogP contribution in [0.15, 0.2) is 12.3 Å². The van der Waals surface area contributed by atoms with E-state index in [-0.39, 0.29) is 36.0 Å². The largest absolute Gasteiger partial charge is 0.462 e. The van der Waals surface area contributed by atoms with Gasteiger partial charge in [0.2, 0.25) is 0 Å². The Bertz CT molecular complexity index is 917. The first kappa shape index (κ1) is 23.4. The zero-order valence-electron chi connectivity index (χ0n) is 17.7. The molecule has 1 aliphatic heterocycles. The summed E-state index contributed by atoms with van der Waals surface area (Å²) in [5, 5.41) is 11.3. The molecule has 0 bridgehead atoms. The van der Waals surface area contributed by atoms with Crippen molar-refractivity contribution in [1.29, 1.82) is 0 Å². The number of ether oxygens (including phenoxy) is 1. The van der Waals surface area contributed by atoms with Crippen molar-refractivity contribution in [3.63, 3.8) is 0 Å². The quantitative estimate of drug-likeness (QED) is 0.687. The second-order valence-corrected chi connectivity index (χ2v) is 9.18. The fourth-order valence-corrected chi connectivity index (χ4v) is 5.12. The Hall–Kier alpha value is -1.90. The van der Waals surface area contributed by atoms with Gasteiger partial charge in [-0.2, -0.15) is 5.10 Å². The number of nitrogens with zero attached hydrogens (tertiary/aromatic N) is 2. The number of hydrogen-bond donors (Lipinski definition) is 2. The highest BCUT2D eigenvalue weighted by molar-refractivity contribution is 7.17. The van der Waals surface area contributed by atoms with Crippen molar-refractivity contribution in [2.45, 2.75) is 65.6 Å². The average Bonchev–Trinajstić information content (AvgIpc) is 3.18. The van der Waals surface area contributed by atoms with Crippen LogP contribution in [0.5, 0.6) is 0 Å². The van der Waals surface area contributed by atoms with Gasteiger partial charge in [-0.05, 0) is 59.6 Å². The summed E-state index contributed by atoms with van der Waals surface area (Å²) in [4.78, 5) is 26.6. The summed E-state index contributed by atoms with van der Waals surface area (Å²) >= 11 is 1.43. The van der Waals surface area contributed by atoms with E-state index in [1.165, 1.54) is 11.3 Å². The Balaban J connectivity index is 0.00000300. The first-order chi connectivity index (χ1) is 13.1. The van der Waals surface area contributed by atoms with Crippen LogP contribution in [0.3, 0.4) is 0 Å². The Morgan fingerprint density at radius 2 is 2.00 bits per heavy atom. The van der Waals surface area contributed by atoms with Crippen molar-refractivity contribution >= 4 is 40.6 Å². The molecule has 0 aliphatic carbocycles. The van der Waals surface area contributed by atoms with Crippen LogP contribution in [-0.4, -0.2) is 33.8 Å². The maximum absolute atomic E-state index is 12.8. The molecule has 3 heterocycles. The normalized spacial score (nSPS) is 16.5. The van der Waals surface area contributed by atoms with Gasteiger partial charge in [-0.1, -0.05) is 0 Å². The molecule has 2 aromatic heterocycles. The van der Waals surface area contributed by atoms with Gasteiger partial charge in [0.25, 0.3) is 5.91 Å². The summed E-state index contributed by atoms with van der Waals surface area (Å²) in [6.07, 6.45) is 2.44. The molecule has 0 spiro atoms. The van der Waals surface area contributed by atoms with E-state index in [0.717, 1.165) is 10.4 Å². The highest BCUT2D eigenvalue weighted by Gasteiger charge is 2.42. The fourth-order valence-electron chi connectivity index (χ4n) is 3.86. The highest BCUT2D eigenvalue weighted by Crippen LogP contribution is 2.45. The van der Waals surface area contributed by atoms with Gasteiger partial charge < -0.3 is 15.4 Å². The number of hydrogen-bond acceptors (Lipinski definition) is 6. The van der Waals surface area contributed by atoms with E-state index in [1.807, 2.05) is 6.92 Å². The number of halogens is 1. The van der Waals surface area contributed by atoms with E-state index < -0.39 is 5.97 Å². The Labute approximate surface area is 181 Å². The molecule has 29 heavy (non-hydrogen) atoms. The van der Waals surface area contributed by atoms with Crippen molar-refractivity contribution in [2.24, 2.45) is 0 Å². The van der Waals surface area contributed by atoms with Crippen molar-refractivity contribution < 1.29 is 14.3 Å². The zero-order chi connectivity index (χ0) is 20.7. The minimum atomic E-state index is -0.400. The molecule has 0 saturated carbocycles. The topological polar surface area (TPSA) is 85.2 Å². The predicted molar refractivity (Wildman–Crippen MR) is 117 cm³/mol. The Morgan fingerprint density at radius 1 is 1.31 bits per heavy atom. The van der Waals surface area contributed by atoms with Gasteiger partial charge in [-0.15, -0.1) is 23.7 Å². The standard InChI is InChI=1S/C20H28N4O3S.ClH/c1-7-24-10-9-13(22-24)16(25)21-17-14(18(26)27-8-2)12-11-19(3,4)23-20(5,6)15(12)28-17;/h9-10,23H,7-8,11H2,1-6H3,(H,21,25);1H. The van der Waals surface area contributed by atoms with E-state index in [1.54, 1.807) is 23.9 Å². The van der Waals surface area contributed by atoms with Crippen molar-refractivity contribution in [2.75, 3.05) is 11.9 Å². The highest BCUT2D eigenvalue weighted by atomic mass is 35.5. The van der Waals surface area contributed by atoms with Crippen LogP contribution in [-0.2, 0) is 23.2 Å². The van der Waals surface area contributed by atoms with Gasteiger partial charge in [-0.25, -0.2) is 4.79 Å². The molecule has 0 unspecified atom stereocenters. The van der Waals surface area contributed by atoms with Gasteiger partial charge in [0.15, 0.2) is 5.69 Å². The SMILES string of the molecule is CCOC(=O)c1c(NC(=O)c2ccn(CC)n2)sc2c1CC(C)(C)NC2(C)C.Cl. The molecule has 2 N–H and O–H groups in total. The molecule has 0 fully saturated rings. The van der Waals surface area contributed by atoms with Gasteiger partial charge in [0, 0.05) is 28.7 Å². The van der Waals surface area contributed by atoms with Gasteiger partial charge in [0.1, 0.15) is 5.00 Å². The predicted octanol–water partition coefficient (Wildman–Crippen LogP) is 3.97. The maximum Gasteiger partial charge on any atom is 0.341 e. The van der Waals surface area contributed by atoms with Gasteiger partial charge in [0.05, 0.1) is 12.2 Å². The molecule has 1 aliphatic rings. The molecular weight excluding hydrogens is 412 g/mol. The number of aryl methyl sites for hydroxylation is 1. The Kier molecular flexibility index (Phi) is 6.82. The molecule has 160 valence electrons. The number of thiophene rings is 1. The van der Waals surface area contributed by atoms with E-state index in [4.69, 9.17) is 4.74 Å².